The van der Waals surface area contributed by atoms with Crippen molar-refractivity contribution < 1.29 is 23.4 Å². The number of benzene rings is 3. The van der Waals surface area contributed by atoms with Gasteiger partial charge in [0.25, 0.3) is 0 Å². The van der Waals surface area contributed by atoms with Gasteiger partial charge in [0.15, 0.2) is 12.4 Å². The van der Waals surface area contributed by atoms with E-state index in [1.807, 2.05) is 66.7 Å². The molecule has 38 heavy (non-hydrogen) atoms. The molecule has 2 heterocycles. The van der Waals surface area contributed by atoms with Crippen LogP contribution in [0.25, 0.3) is 22.6 Å². The van der Waals surface area contributed by atoms with Crippen LogP contribution in [-0.4, -0.2) is 48.8 Å². The minimum absolute atomic E-state index is 0.0519. The highest BCUT2D eigenvalue weighted by atomic mass is 16.6. The number of carbonyl (C=O) groups excluding carboxylic acids is 1. The predicted molar refractivity (Wildman–Crippen MR) is 145 cm³/mol. The molecule has 5 rings (SSSR count). The van der Waals surface area contributed by atoms with Crippen LogP contribution in [0.3, 0.4) is 0 Å². The third-order valence-corrected chi connectivity index (χ3v) is 6.66. The van der Waals surface area contributed by atoms with Crippen LogP contribution in [0.5, 0.6) is 5.75 Å². The Morgan fingerprint density at radius 1 is 1.00 bits per heavy atom. The quantitative estimate of drug-likeness (QED) is 0.245. The van der Waals surface area contributed by atoms with E-state index < -0.39 is 0 Å². The first-order chi connectivity index (χ1) is 18.6. The molecule has 7 nitrogen and oxygen atoms in total. The largest absolute Gasteiger partial charge is 0.482 e. The van der Waals surface area contributed by atoms with Gasteiger partial charge < -0.3 is 18.6 Å². The Labute approximate surface area is 223 Å². The van der Waals surface area contributed by atoms with Crippen molar-refractivity contribution in [1.82, 2.24) is 9.88 Å². The summed E-state index contributed by atoms with van der Waals surface area (Å²) in [6, 6.07) is 28.0. The highest BCUT2D eigenvalue weighted by molar-refractivity contribution is 5.76. The Hall–Kier alpha value is -3.94. The van der Waals surface area contributed by atoms with Gasteiger partial charge in [-0.1, -0.05) is 72.8 Å². The molecule has 0 amide bonds. The summed E-state index contributed by atoms with van der Waals surface area (Å²) >= 11 is 0. The van der Waals surface area contributed by atoms with Crippen molar-refractivity contribution in [3.05, 3.63) is 96.4 Å². The lowest BCUT2D eigenvalue weighted by Crippen LogP contribution is -2.25. The molecule has 0 radical (unpaired) electrons. The van der Waals surface area contributed by atoms with Crippen LogP contribution in [0.2, 0.25) is 0 Å². The number of likely N-dealkylation sites (tertiary alicyclic amines) is 1. The molecule has 3 aromatic carbocycles. The lowest BCUT2D eigenvalue weighted by Gasteiger charge is -2.22. The van der Waals surface area contributed by atoms with Gasteiger partial charge in [0.2, 0.25) is 5.89 Å². The molecule has 1 aromatic heterocycles. The Morgan fingerprint density at radius 2 is 1.74 bits per heavy atom. The van der Waals surface area contributed by atoms with Crippen molar-refractivity contribution in [3.63, 3.8) is 0 Å². The topological polar surface area (TPSA) is 74.0 Å². The third-order valence-electron chi connectivity index (χ3n) is 6.66. The minimum atomic E-state index is -0.382. The number of esters is 1. The molecule has 0 N–H and O–H groups in total. The molecule has 2 atom stereocenters. The van der Waals surface area contributed by atoms with Gasteiger partial charge in [-0.05, 0) is 31.0 Å². The van der Waals surface area contributed by atoms with Crippen LogP contribution in [0.15, 0.2) is 89.3 Å². The lowest BCUT2D eigenvalue weighted by molar-refractivity contribution is -0.145. The molecule has 1 fully saturated rings. The lowest BCUT2D eigenvalue weighted by atomic mass is 10.1. The Bertz CT molecular complexity index is 1280. The number of aromatic nitrogens is 1. The van der Waals surface area contributed by atoms with Crippen molar-refractivity contribution >= 4 is 5.97 Å². The first kappa shape index (κ1) is 25.7. The van der Waals surface area contributed by atoms with E-state index in [0.29, 0.717) is 24.8 Å². The minimum Gasteiger partial charge on any atom is -0.482 e. The van der Waals surface area contributed by atoms with Crippen LogP contribution >= 0.6 is 0 Å². The molecule has 4 aromatic rings. The molecule has 1 aliphatic rings. The predicted octanol–water partition coefficient (Wildman–Crippen LogP) is 5.91. The smallest absolute Gasteiger partial charge is 0.344 e. The first-order valence-corrected chi connectivity index (χ1v) is 12.9. The molecule has 1 aliphatic heterocycles. The average molecular weight is 513 g/mol. The maximum atomic E-state index is 11.7. The Balaban J connectivity index is 1.42. The highest BCUT2D eigenvalue weighted by Gasteiger charge is 2.37. The van der Waals surface area contributed by atoms with Crippen molar-refractivity contribution in [2.45, 2.75) is 32.0 Å². The fourth-order valence-electron chi connectivity index (χ4n) is 4.83. The fraction of sp³-hybridized carbons (Fsp3) is 0.290. The number of hydrogen-bond donors (Lipinski definition) is 0. The summed E-state index contributed by atoms with van der Waals surface area (Å²) in [6.45, 7) is 3.40. The summed E-state index contributed by atoms with van der Waals surface area (Å²) in [6.07, 6.45) is 0.842. The monoisotopic (exact) mass is 512 g/mol. The van der Waals surface area contributed by atoms with E-state index in [2.05, 4.69) is 23.1 Å². The van der Waals surface area contributed by atoms with Crippen LogP contribution in [0, 0.1) is 0 Å². The van der Waals surface area contributed by atoms with Gasteiger partial charge >= 0.3 is 5.97 Å². The zero-order valence-corrected chi connectivity index (χ0v) is 21.7. The normalized spacial score (nSPS) is 17.4. The van der Waals surface area contributed by atoms with Gasteiger partial charge in [-0.3, -0.25) is 4.90 Å². The van der Waals surface area contributed by atoms with Crippen molar-refractivity contribution in [2.75, 3.05) is 26.9 Å². The van der Waals surface area contributed by atoms with Crippen molar-refractivity contribution in [3.8, 4) is 28.3 Å². The molecule has 7 heteroatoms. The molecular formula is C31H32N2O5. The van der Waals surface area contributed by atoms with E-state index in [9.17, 15) is 4.79 Å². The maximum Gasteiger partial charge on any atom is 0.344 e. The van der Waals surface area contributed by atoms with Crippen LogP contribution < -0.4 is 4.74 Å². The highest BCUT2D eigenvalue weighted by Crippen LogP contribution is 2.40. The van der Waals surface area contributed by atoms with E-state index in [4.69, 9.17) is 23.6 Å². The van der Waals surface area contributed by atoms with E-state index in [1.54, 1.807) is 14.0 Å². The van der Waals surface area contributed by atoms with Gasteiger partial charge in [-0.2, -0.15) is 0 Å². The van der Waals surface area contributed by atoms with Crippen LogP contribution in [-0.2, 0) is 20.8 Å². The van der Waals surface area contributed by atoms with Gasteiger partial charge in [-0.25, -0.2) is 9.78 Å². The Morgan fingerprint density at radius 3 is 2.45 bits per heavy atom. The van der Waals surface area contributed by atoms with Crippen molar-refractivity contribution in [1.29, 1.82) is 0 Å². The number of nitrogens with zero attached hydrogens (tertiary/aromatic N) is 2. The average Bonchev–Trinajstić information content (AvgIpc) is 3.58. The van der Waals surface area contributed by atoms with E-state index in [0.717, 1.165) is 41.1 Å². The van der Waals surface area contributed by atoms with E-state index in [1.165, 1.54) is 0 Å². The second-order valence-electron chi connectivity index (χ2n) is 9.24. The summed E-state index contributed by atoms with van der Waals surface area (Å²) < 4.78 is 22.9. The molecule has 1 saturated heterocycles. The summed E-state index contributed by atoms with van der Waals surface area (Å²) in [5.41, 5.74) is 3.90. The number of hydrogen-bond acceptors (Lipinski definition) is 7. The van der Waals surface area contributed by atoms with Gasteiger partial charge in [0.05, 0.1) is 18.8 Å². The second-order valence-corrected chi connectivity index (χ2v) is 9.24. The molecule has 0 aliphatic carbocycles. The molecule has 0 bridgehead atoms. The second kappa shape index (κ2) is 12.1. The molecule has 0 unspecified atom stereocenters. The summed E-state index contributed by atoms with van der Waals surface area (Å²) in [5.74, 6) is 1.69. The summed E-state index contributed by atoms with van der Waals surface area (Å²) in [4.78, 5) is 19.1. The summed E-state index contributed by atoms with van der Waals surface area (Å²) in [7, 11) is 1.75. The number of carbonyl (C=O) groups is 1. The molecule has 0 saturated carbocycles. The molecular weight excluding hydrogens is 480 g/mol. The van der Waals surface area contributed by atoms with Gasteiger partial charge in [0, 0.05) is 31.3 Å². The maximum absolute atomic E-state index is 11.7. The van der Waals surface area contributed by atoms with Crippen molar-refractivity contribution in [2.24, 2.45) is 0 Å². The van der Waals surface area contributed by atoms with Gasteiger partial charge in [-0.15, -0.1) is 0 Å². The number of methoxy groups -OCH3 is 1. The zero-order valence-electron chi connectivity index (χ0n) is 21.7. The SMILES string of the molecule is CCOC(=O)COc1cccc(CN2C[C@H](OC)C[C@H]2c2nc(-c3ccccc3)c(-c3ccccc3)o2)c1. The molecule has 0 spiro atoms. The van der Waals surface area contributed by atoms with Crippen LogP contribution in [0.4, 0.5) is 0 Å². The standard InChI is InChI=1S/C31H32N2O5/c1-3-36-28(34)21-37-25-16-10-11-22(17-25)19-33-20-26(35-2)18-27(33)31-32-29(23-12-6-4-7-13-23)30(38-31)24-14-8-5-9-15-24/h4-17,26-27H,3,18-21H2,1-2H3/t26-,27+/m1/s1. The fourth-order valence-corrected chi connectivity index (χ4v) is 4.83. The van der Waals surface area contributed by atoms with Gasteiger partial charge in [0.1, 0.15) is 11.4 Å². The Kier molecular flexibility index (Phi) is 8.16. The summed E-state index contributed by atoms with van der Waals surface area (Å²) in [5, 5.41) is 0. The van der Waals surface area contributed by atoms with E-state index >= 15 is 0 Å². The zero-order chi connectivity index (χ0) is 26.3. The number of rotatable bonds is 10. The first-order valence-electron chi connectivity index (χ1n) is 12.9. The van der Waals surface area contributed by atoms with E-state index in [-0.39, 0.29) is 24.7 Å². The number of ether oxygens (including phenoxy) is 3. The number of oxazole rings is 1. The van der Waals surface area contributed by atoms with Crippen LogP contribution in [0.1, 0.15) is 30.8 Å². The molecule has 196 valence electrons. The third kappa shape index (κ3) is 5.96.